The van der Waals surface area contributed by atoms with Gasteiger partial charge in [0.05, 0.1) is 13.2 Å². The van der Waals surface area contributed by atoms with E-state index < -0.39 is 30.1 Å². The number of hydrogen-bond donors (Lipinski definition) is 4. The van der Waals surface area contributed by atoms with Crippen LogP contribution in [0.1, 0.15) is 32.3 Å². The number of esters is 1. The van der Waals surface area contributed by atoms with Gasteiger partial charge in [-0.1, -0.05) is 44.2 Å². The molecule has 2 rings (SSSR count). The molecule has 5 N–H and O–H groups in total. The summed E-state index contributed by atoms with van der Waals surface area (Å²) in [6, 6.07) is 7.69. The minimum Gasteiger partial charge on any atom is -0.467 e. The number of aliphatic hydroxyl groups is 1. The Morgan fingerprint density at radius 3 is 2.40 bits per heavy atom. The fourth-order valence-electron chi connectivity index (χ4n) is 3.55. The number of benzene rings is 1. The van der Waals surface area contributed by atoms with Crippen LogP contribution in [0.2, 0.25) is 0 Å². The number of nitrogens with two attached hydrogens (primary N) is 1. The van der Waals surface area contributed by atoms with Crippen LogP contribution in [0.4, 0.5) is 0 Å². The molecule has 2 amide bonds. The van der Waals surface area contributed by atoms with Gasteiger partial charge in [0, 0.05) is 18.9 Å². The van der Waals surface area contributed by atoms with Gasteiger partial charge in [-0.25, -0.2) is 4.79 Å². The molecular weight excluding hydrogens is 386 g/mol. The average Bonchev–Trinajstić information content (AvgIpc) is 3.53. The summed E-state index contributed by atoms with van der Waals surface area (Å²) >= 11 is 0. The smallest absolute Gasteiger partial charge is 0.328 e. The lowest BCUT2D eigenvalue weighted by molar-refractivity contribution is -0.145. The van der Waals surface area contributed by atoms with Gasteiger partial charge in [0.15, 0.2) is 0 Å². The lowest BCUT2D eigenvalue weighted by atomic mass is 10.0. The maximum Gasteiger partial charge on any atom is 0.328 e. The largest absolute Gasteiger partial charge is 0.467 e. The van der Waals surface area contributed by atoms with Crippen molar-refractivity contribution in [3.05, 3.63) is 35.9 Å². The van der Waals surface area contributed by atoms with Crippen LogP contribution in [0.5, 0.6) is 0 Å². The number of hydrogen-bond acceptors (Lipinski definition) is 6. The lowest BCUT2D eigenvalue weighted by Crippen LogP contribution is -2.53. The van der Waals surface area contributed by atoms with Crippen molar-refractivity contribution in [2.45, 2.75) is 51.3 Å². The molecule has 1 aromatic carbocycles. The molecule has 1 aromatic rings. The highest BCUT2D eigenvalue weighted by molar-refractivity contribution is 5.92. The molecular formula is C22H33N3O5. The minimum atomic E-state index is -0.851. The van der Waals surface area contributed by atoms with E-state index in [0.29, 0.717) is 12.8 Å². The predicted octanol–water partition coefficient (Wildman–Crippen LogP) is 0.374. The monoisotopic (exact) mass is 419 g/mol. The first-order valence-corrected chi connectivity index (χ1v) is 10.4. The van der Waals surface area contributed by atoms with Crippen LogP contribution in [0.15, 0.2) is 30.3 Å². The summed E-state index contributed by atoms with van der Waals surface area (Å²) in [5.74, 6) is -1.63. The number of carbonyl (C=O) groups excluding carboxylic acids is 3. The molecule has 0 aromatic heterocycles. The molecule has 1 aliphatic rings. The topological polar surface area (TPSA) is 131 Å². The van der Waals surface area contributed by atoms with Gasteiger partial charge >= 0.3 is 5.97 Å². The molecule has 0 radical (unpaired) electrons. The van der Waals surface area contributed by atoms with E-state index >= 15 is 0 Å². The second kappa shape index (κ2) is 11.1. The Morgan fingerprint density at radius 2 is 1.83 bits per heavy atom. The molecule has 0 spiro atoms. The molecule has 1 aliphatic carbocycles. The molecule has 0 saturated heterocycles. The van der Waals surface area contributed by atoms with E-state index in [1.807, 2.05) is 44.2 Å². The van der Waals surface area contributed by atoms with Crippen molar-refractivity contribution < 1.29 is 24.2 Å². The van der Waals surface area contributed by atoms with Gasteiger partial charge in [-0.2, -0.15) is 0 Å². The van der Waals surface area contributed by atoms with Crippen molar-refractivity contribution in [3.8, 4) is 0 Å². The summed E-state index contributed by atoms with van der Waals surface area (Å²) in [6.07, 6.45) is 0.530. The number of aliphatic hydroxyl groups excluding tert-OH is 1. The maximum atomic E-state index is 13.0. The number of nitrogens with one attached hydrogen (secondary N) is 2. The van der Waals surface area contributed by atoms with E-state index in [9.17, 15) is 19.5 Å². The van der Waals surface area contributed by atoms with E-state index in [-0.39, 0.29) is 36.6 Å². The molecule has 0 aliphatic heterocycles. The van der Waals surface area contributed by atoms with E-state index in [0.717, 1.165) is 5.56 Å². The Kier molecular flexibility index (Phi) is 8.80. The van der Waals surface area contributed by atoms with Crippen LogP contribution in [-0.4, -0.2) is 54.7 Å². The first kappa shape index (κ1) is 23.8. The maximum absolute atomic E-state index is 13.0. The average molecular weight is 420 g/mol. The van der Waals surface area contributed by atoms with Crippen molar-refractivity contribution >= 4 is 17.8 Å². The number of carbonyl (C=O) groups is 3. The summed E-state index contributed by atoms with van der Waals surface area (Å²) in [6.45, 7) is 3.99. The van der Waals surface area contributed by atoms with Gasteiger partial charge in [0.1, 0.15) is 12.1 Å². The zero-order valence-corrected chi connectivity index (χ0v) is 17.8. The Balaban J connectivity index is 2.11. The SMILES string of the molecule is COC(=O)[C@H](CC(C)C)NC(=O)[C@H](Cc1ccccc1)NC(=O)[C@@H]1C[C@H]1[C@H](O)CN. The van der Waals surface area contributed by atoms with Gasteiger partial charge < -0.3 is 26.2 Å². The second-order valence-electron chi connectivity index (χ2n) is 8.27. The molecule has 0 bridgehead atoms. The Labute approximate surface area is 177 Å². The fraction of sp³-hybridized carbons (Fsp3) is 0.591. The molecule has 166 valence electrons. The fourth-order valence-corrected chi connectivity index (χ4v) is 3.55. The van der Waals surface area contributed by atoms with Crippen molar-refractivity contribution in [1.82, 2.24) is 10.6 Å². The van der Waals surface area contributed by atoms with Crippen LogP contribution in [-0.2, 0) is 25.5 Å². The molecule has 1 fully saturated rings. The summed E-state index contributed by atoms with van der Waals surface area (Å²) in [7, 11) is 1.28. The molecule has 5 atom stereocenters. The Bertz CT molecular complexity index is 725. The van der Waals surface area contributed by atoms with Crippen LogP contribution in [0.3, 0.4) is 0 Å². The summed E-state index contributed by atoms with van der Waals surface area (Å²) in [4.78, 5) is 37.8. The molecule has 0 unspecified atom stereocenters. The van der Waals surface area contributed by atoms with Gasteiger partial charge in [0.25, 0.3) is 0 Å². The van der Waals surface area contributed by atoms with Crippen molar-refractivity contribution in [3.63, 3.8) is 0 Å². The van der Waals surface area contributed by atoms with E-state index in [1.165, 1.54) is 7.11 Å². The molecule has 1 saturated carbocycles. The van der Waals surface area contributed by atoms with Crippen LogP contribution in [0.25, 0.3) is 0 Å². The van der Waals surface area contributed by atoms with Crippen LogP contribution in [0, 0.1) is 17.8 Å². The zero-order valence-electron chi connectivity index (χ0n) is 17.8. The highest BCUT2D eigenvalue weighted by Crippen LogP contribution is 2.41. The van der Waals surface area contributed by atoms with E-state index in [2.05, 4.69) is 10.6 Å². The Morgan fingerprint density at radius 1 is 1.17 bits per heavy atom. The first-order chi connectivity index (χ1) is 14.3. The first-order valence-electron chi connectivity index (χ1n) is 10.4. The van der Waals surface area contributed by atoms with Gasteiger partial charge in [-0.05, 0) is 30.2 Å². The van der Waals surface area contributed by atoms with Gasteiger partial charge in [0.2, 0.25) is 11.8 Å². The third-order valence-electron chi connectivity index (χ3n) is 5.34. The Hall–Kier alpha value is -2.45. The van der Waals surface area contributed by atoms with Gasteiger partial charge in [-0.15, -0.1) is 0 Å². The molecule has 30 heavy (non-hydrogen) atoms. The lowest BCUT2D eigenvalue weighted by Gasteiger charge is -2.23. The quantitative estimate of drug-likeness (QED) is 0.384. The van der Waals surface area contributed by atoms with Crippen LogP contribution < -0.4 is 16.4 Å². The molecule has 8 nitrogen and oxygen atoms in total. The highest BCUT2D eigenvalue weighted by Gasteiger charge is 2.47. The summed E-state index contributed by atoms with van der Waals surface area (Å²) in [5.41, 5.74) is 6.35. The standard InChI is InChI=1S/C22H33N3O5/c1-13(2)9-18(22(29)30-3)25-21(28)17(10-14-7-5-4-6-8-14)24-20(27)16-11-15(16)19(26)12-23/h4-8,13,15-19,26H,9-12,23H2,1-3H3,(H,24,27)(H,25,28)/t15-,16-,17+,18+,19-/m1/s1. The normalized spacial score (nSPS) is 20.7. The molecule has 8 heteroatoms. The van der Waals surface area contributed by atoms with Crippen molar-refractivity contribution in [1.29, 1.82) is 0 Å². The zero-order chi connectivity index (χ0) is 22.3. The summed E-state index contributed by atoms with van der Waals surface area (Å²) in [5, 5.41) is 15.4. The van der Waals surface area contributed by atoms with E-state index in [1.54, 1.807) is 0 Å². The third-order valence-corrected chi connectivity index (χ3v) is 5.34. The number of amides is 2. The highest BCUT2D eigenvalue weighted by atomic mass is 16.5. The second-order valence-corrected chi connectivity index (χ2v) is 8.27. The number of rotatable bonds is 11. The number of methoxy groups -OCH3 is 1. The van der Waals surface area contributed by atoms with Crippen molar-refractivity contribution in [2.24, 2.45) is 23.5 Å². The third kappa shape index (κ3) is 6.81. The van der Waals surface area contributed by atoms with E-state index in [4.69, 9.17) is 10.5 Å². The van der Waals surface area contributed by atoms with Crippen molar-refractivity contribution in [2.75, 3.05) is 13.7 Å². The van der Waals surface area contributed by atoms with Gasteiger partial charge in [-0.3, -0.25) is 9.59 Å². The minimum absolute atomic E-state index is 0.0956. The molecule has 0 heterocycles. The number of ether oxygens (including phenoxy) is 1. The predicted molar refractivity (Wildman–Crippen MR) is 112 cm³/mol. The summed E-state index contributed by atoms with van der Waals surface area (Å²) < 4.78 is 4.81. The van der Waals surface area contributed by atoms with Crippen LogP contribution >= 0.6 is 0 Å².